The summed E-state index contributed by atoms with van der Waals surface area (Å²) in [5.41, 5.74) is 2.34. The van der Waals surface area contributed by atoms with Crippen LogP contribution in [-0.4, -0.2) is 53.3 Å². The van der Waals surface area contributed by atoms with E-state index < -0.39 is 0 Å². The Morgan fingerprint density at radius 2 is 1.88 bits per heavy atom. The van der Waals surface area contributed by atoms with E-state index in [9.17, 15) is 0 Å². The number of ether oxygens (including phenoxy) is 1. The second kappa shape index (κ2) is 4.63. The molecule has 5 rings (SSSR count). The molecule has 0 N–H and O–H groups in total. The third kappa shape index (κ3) is 1.86. The van der Waals surface area contributed by atoms with Gasteiger partial charge in [-0.3, -0.25) is 0 Å². The number of rotatable bonds is 1. The normalized spacial score (nSPS) is 33.9. The lowest BCUT2D eigenvalue weighted by atomic mass is 9.85. The minimum atomic E-state index is -0.0497. The molecule has 4 heteroatoms. The van der Waals surface area contributed by atoms with Crippen molar-refractivity contribution in [1.82, 2.24) is 4.57 Å². The van der Waals surface area contributed by atoms with E-state index in [1.165, 1.54) is 28.2 Å². The van der Waals surface area contributed by atoms with Crippen LogP contribution in [0.25, 0.3) is 10.9 Å². The highest BCUT2D eigenvalue weighted by Crippen LogP contribution is 2.47. The van der Waals surface area contributed by atoms with Crippen molar-refractivity contribution in [2.45, 2.75) is 43.4 Å². The summed E-state index contributed by atoms with van der Waals surface area (Å²) in [6.07, 6.45) is 7.14. The van der Waals surface area contributed by atoms with Crippen molar-refractivity contribution >= 4 is 16.8 Å². The molecule has 1 aromatic heterocycles. The lowest BCUT2D eigenvalue weighted by molar-refractivity contribution is -0.932. The average molecular weight is 324 g/mol. The number of benzene rings is 1. The Balaban J connectivity index is 1.47. The molecule has 2 unspecified atom stereocenters. The highest BCUT2D eigenvalue weighted by Gasteiger charge is 2.57. The van der Waals surface area contributed by atoms with Crippen LogP contribution >= 0.6 is 0 Å². The van der Waals surface area contributed by atoms with E-state index in [1.54, 1.807) is 0 Å². The maximum Gasteiger partial charge on any atom is 0.219 e. The predicted molar refractivity (Wildman–Crippen MR) is 96.3 cm³/mol. The molecule has 0 amide bonds. The van der Waals surface area contributed by atoms with E-state index in [4.69, 9.17) is 9.73 Å². The molecule has 1 aromatic carbocycles. The van der Waals surface area contributed by atoms with Gasteiger partial charge in [0.05, 0.1) is 38.3 Å². The van der Waals surface area contributed by atoms with Gasteiger partial charge in [-0.05, 0) is 6.07 Å². The number of aromatic nitrogens is 1. The molecule has 2 aromatic rings. The van der Waals surface area contributed by atoms with Gasteiger partial charge in [0.1, 0.15) is 5.60 Å². The fourth-order valence-electron chi connectivity index (χ4n) is 5.32. The number of hydrogen-bond acceptors (Lipinski definition) is 2. The van der Waals surface area contributed by atoms with E-state index >= 15 is 0 Å². The number of aryl methyl sites for hydroxylation is 1. The number of para-hydroxylation sites is 1. The Morgan fingerprint density at radius 1 is 1.17 bits per heavy atom. The van der Waals surface area contributed by atoms with Gasteiger partial charge in [-0.15, -0.1) is 0 Å². The molecule has 0 radical (unpaired) electrons. The van der Waals surface area contributed by atoms with Gasteiger partial charge in [-0.25, -0.2) is 4.99 Å². The van der Waals surface area contributed by atoms with Crippen molar-refractivity contribution in [3.63, 3.8) is 0 Å². The highest BCUT2D eigenvalue weighted by molar-refractivity contribution is 6.07. The lowest BCUT2D eigenvalue weighted by Crippen LogP contribution is -2.60. The van der Waals surface area contributed by atoms with Crippen LogP contribution in [0, 0.1) is 0 Å². The summed E-state index contributed by atoms with van der Waals surface area (Å²) >= 11 is 0. The molecule has 4 heterocycles. The van der Waals surface area contributed by atoms with E-state index in [0.29, 0.717) is 0 Å². The second-order valence-corrected chi connectivity index (χ2v) is 8.50. The maximum absolute atomic E-state index is 6.60. The van der Waals surface area contributed by atoms with Crippen LogP contribution in [0.1, 0.15) is 31.2 Å². The highest BCUT2D eigenvalue weighted by atomic mass is 16.5. The van der Waals surface area contributed by atoms with Gasteiger partial charge >= 0.3 is 0 Å². The minimum Gasteiger partial charge on any atom is -0.468 e. The van der Waals surface area contributed by atoms with Crippen molar-refractivity contribution < 1.29 is 9.22 Å². The van der Waals surface area contributed by atoms with Crippen LogP contribution in [-0.2, 0) is 11.8 Å². The van der Waals surface area contributed by atoms with Crippen molar-refractivity contribution in [2.75, 3.05) is 20.6 Å². The summed E-state index contributed by atoms with van der Waals surface area (Å²) in [4.78, 5) is 4.86. The predicted octanol–water partition coefficient (Wildman–Crippen LogP) is 3.10. The maximum atomic E-state index is 6.60. The van der Waals surface area contributed by atoms with Gasteiger partial charge in [0.2, 0.25) is 5.90 Å². The Morgan fingerprint density at radius 3 is 2.62 bits per heavy atom. The first-order valence-corrected chi connectivity index (χ1v) is 9.10. The van der Waals surface area contributed by atoms with Crippen LogP contribution < -0.4 is 0 Å². The fourth-order valence-corrected chi connectivity index (χ4v) is 5.32. The quantitative estimate of drug-likeness (QED) is 0.741. The van der Waals surface area contributed by atoms with Crippen LogP contribution in [0.3, 0.4) is 0 Å². The van der Waals surface area contributed by atoms with Crippen LogP contribution in [0.15, 0.2) is 35.5 Å². The molecule has 0 aliphatic carbocycles. The molecule has 2 atom stereocenters. The van der Waals surface area contributed by atoms with Crippen LogP contribution in [0.2, 0.25) is 0 Å². The summed E-state index contributed by atoms with van der Waals surface area (Å²) < 4.78 is 9.95. The number of quaternary nitrogens is 1. The van der Waals surface area contributed by atoms with Crippen molar-refractivity contribution in [1.29, 1.82) is 0 Å². The lowest BCUT2D eigenvalue weighted by Gasteiger charge is -2.47. The topological polar surface area (TPSA) is 26.5 Å². The molecule has 4 nitrogen and oxygen atoms in total. The largest absolute Gasteiger partial charge is 0.468 e. The minimum absolute atomic E-state index is 0.0497. The average Bonchev–Trinajstić information content (AvgIpc) is 3.13. The second-order valence-electron chi connectivity index (χ2n) is 8.50. The van der Waals surface area contributed by atoms with Crippen molar-refractivity contribution in [2.24, 2.45) is 12.0 Å². The smallest absolute Gasteiger partial charge is 0.219 e. The molecule has 126 valence electrons. The van der Waals surface area contributed by atoms with Gasteiger partial charge in [0.15, 0.2) is 0 Å². The Labute approximate surface area is 143 Å². The Hall–Kier alpha value is -1.81. The first-order valence-electron chi connectivity index (χ1n) is 9.10. The number of piperidine rings is 1. The molecule has 2 bridgehead atoms. The number of fused-ring (bicyclic) bond motifs is 3. The molecular weight excluding hydrogens is 298 g/mol. The molecule has 1 spiro atoms. The van der Waals surface area contributed by atoms with E-state index in [2.05, 4.69) is 56.2 Å². The third-order valence-electron chi connectivity index (χ3n) is 6.88. The SMILES string of the molecule is Cn1cc(C2=NCC3(CC4CCC(C3)[N+]4(C)C)O2)c2ccccc21. The van der Waals surface area contributed by atoms with Gasteiger partial charge in [-0.2, -0.15) is 0 Å². The summed E-state index contributed by atoms with van der Waals surface area (Å²) in [7, 11) is 6.89. The zero-order valence-corrected chi connectivity index (χ0v) is 14.8. The van der Waals surface area contributed by atoms with Crippen LogP contribution in [0.4, 0.5) is 0 Å². The molecule has 3 aliphatic rings. The molecule has 0 saturated carbocycles. The molecular formula is C20H26N3O+. The molecule has 24 heavy (non-hydrogen) atoms. The van der Waals surface area contributed by atoms with E-state index in [-0.39, 0.29) is 5.60 Å². The summed E-state index contributed by atoms with van der Waals surface area (Å²) in [5, 5.41) is 1.24. The van der Waals surface area contributed by atoms with Crippen LogP contribution in [0.5, 0.6) is 0 Å². The summed E-state index contributed by atoms with van der Waals surface area (Å²) in [6.45, 7) is 0.832. The first kappa shape index (κ1) is 14.5. The van der Waals surface area contributed by atoms with Gasteiger partial charge in [-0.1, -0.05) is 18.2 Å². The van der Waals surface area contributed by atoms with E-state index in [0.717, 1.165) is 42.9 Å². The van der Waals surface area contributed by atoms with Crippen molar-refractivity contribution in [3.8, 4) is 0 Å². The fraction of sp³-hybridized carbons (Fsp3) is 0.550. The monoisotopic (exact) mass is 324 g/mol. The Bertz CT molecular complexity index is 832. The molecule has 2 saturated heterocycles. The summed E-state index contributed by atoms with van der Waals surface area (Å²) in [5.74, 6) is 0.860. The third-order valence-corrected chi connectivity index (χ3v) is 6.88. The van der Waals surface area contributed by atoms with E-state index in [1.807, 2.05) is 0 Å². The standard InChI is InChI=1S/C20H26N3O/c1-22-12-17(16-6-4-5-7-18(16)22)19-21-13-20(24-19)10-14-8-9-15(11-20)23(14,2)3/h4-7,12,14-15H,8-11,13H2,1-3H3/q+1. The number of aliphatic imine (C=N–C) groups is 1. The van der Waals surface area contributed by atoms with Crippen molar-refractivity contribution in [3.05, 3.63) is 36.0 Å². The first-order chi connectivity index (χ1) is 11.5. The summed E-state index contributed by atoms with van der Waals surface area (Å²) in [6, 6.07) is 9.97. The van der Waals surface area contributed by atoms with Gasteiger partial charge in [0, 0.05) is 49.8 Å². The van der Waals surface area contributed by atoms with Gasteiger partial charge < -0.3 is 13.8 Å². The number of nitrogens with zero attached hydrogens (tertiary/aromatic N) is 3. The zero-order valence-electron chi connectivity index (χ0n) is 14.8. The Kier molecular flexibility index (Phi) is 2.80. The molecule has 3 aliphatic heterocycles. The number of hydrogen-bond donors (Lipinski definition) is 0. The van der Waals surface area contributed by atoms with Gasteiger partial charge in [0.25, 0.3) is 0 Å². The molecule has 2 fully saturated rings. The zero-order chi connectivity index (χ0) is 16.5.